The zero-order chi connectivity index (χ0) is 17.9. The van der Waals surface area contributed by atoms with Crippen molar-refractivity contribution in [3.63, 3.8) is 0 Å². The van der Waals surface area contributed by atoms with Crippen molar-refractivity contribution in [1.82, 2.24) is 0 Å². The third-order valence-electron chi connectivity index (χ3n) is 3.55. The first-order chi connectivity index (χ1) is 12.0. The van der Waals surface area contributed by atoms with Crippen LogP contribution >= 0.6 is 30.6 Å². The summed E-state index contributed by atoms with van der Waals surface area (Å²) in [7, 11) is -3.65. The lowest BCUT2D eigenvalue weighted by molar-refractivity contribution is 0.0747. The van der Waals surface area contributed by atoms with Crippen LogP contribution in [-0.2, 0) is 9.09 Å². The highest BCUT2D eigenvalue weighted by atomic mass is 35.5. The molecule has 0 aliphatic heterocycles. The average molecular weight is 391 g/mol. The Balaban J connectivity index is 2.05. The Labute approximate surface area is 155 Å². The van der Waals surface area contributed by atoms with Crippen LogP contribution in [0.2, 0.25) is 10.0 Å². The molecule has 0 bridgehead atoms. The van der Waals surface area contributed by atoms with Gasteiger partial charge in [-0.05, 0) is 60.7 Å². The van der Waals surface area contributed by atoms with Crippen molar-refractivity contribution >= 4 is 47.1 Å². The monoisotopic (exact) mass is 390 g/mol. The summed E-state index contributed by atoms with van der Waals surface area (Å²) in [4.78, 5) is 12.5. The van der Waals surface area contributed by atoms with E-state index in [-0.39, 0.29) is 0 Å². The Morgan fingerprint density at radius 2 is 1.16 bits per heavy atom. The van der Waals surface area contributed by atoms with Crippen LogP contribution in [0.5, 0.6) is 0 Å². The van der Waals surface area contributed by atoms with Crippen molar-refractivity contribution in [2.45, 2.75) is 0 Å². The van der Waals surface area contributed by atoms with E-state index in [4.69, 9.17) is 27.7 Å². The molecule has 6 heteroatoms. The van der Waals surface area contributed by atoms with Gasteiger partial charge in [-0.1, -0.05) is 41.4 Å². The zero-order valence-corrected chi connectivity index (χ0v) is 15.3. The summed E-state index contributed by atoms with van der Waals surface area (Å²) < 4.78 is 19.2. The van der Waals surface area contributed by atoms with Gasteiger partial charge in [0.25, 0.3) is 0 Å². The van der Waals surface area contributed by atoms with Gasteiger partial charge in [0.15, 0.2) is 0 Å². The molecule has 3 nitrogen and oxygen atoms in total. The van der Waals surface area contributed by atoms with E-state index in [1.54, 1.807) is 78.9 Å². The van der Waals surface area contributed by atoms with Gasteiger partial charge in [0, 0.05) is 10.0 Å². The maximum Gasteiger partial charge on any atom is 0.343 e. The zero-order valence-electron chi connectivity index (χ0n) is 12.9. The molecule has 0 fully saturated rings. The van der Waals surface area contributed by atoms with E-state index in [2.05, 4.69) is 0 Å². The summed E-state index contributed by atoms with van der Waals surface area (Å²) >= 11 is 11.8. The Hall–Kier alpha value is -2.06. The molecule has 0 unspecified atom stereocenters. The maximum absolute atomic E-state index is 13.7. The second-order valence-electron chi connectivity index (χ2n) is 5.25. The van der Waals surface area contributed by atoms with Gasteiger partial charge in [0.05, 0.1) is 16.2 Å². The summed E-state index contributed by atoms with van der Waals surface area (Å²) in [6, 6.07) is 21.2. The lowest BCUT2D eigenvalue weighted by Gasteiger charge is -2.19. The second-order valence-corrected chi connectivity index (χ2v) is 8.44. The molecule has 0 aromatic heterocycles. The van der Waals surface area contributed by atoms with Crippen molar-refractivity contribution in [1.29, 1.82) is 0 Å². The molecular weight excluding hydrogens is 378 g/mol. The largest absolute Gasteiger partial charge is 0.401 e. The Morgan fingerprint density at radius 3 is 1.60 bits per heavy atom. The number of carbonyl (C=O) groups excluding carboxylic acids is 1. The minimum absolute atomic E-state index is 0.325. The van der Waals surface area contributed by atoms with Gasteiger partial charge < -0.3 is 4.52 Å². The molecule has 126 valence electrons. The van der Waals surface area contributed by atoms with E-state index in [0.29, 0.717) is 26.2 Å². The van der Waals surface area contributed by atoms with E-state index in [1.165, 1.54) is 0 Å². The Morgan fingerprint density at radius 1 is 0.720 bits per heavy atom. The van der Waals surface area contributed by atoms with Crippen LogP contribution in [0.15, 0.2) is 78.9 Å². The first-order valence-electron chi connectivity index (χ1n) is 7.40. The van der Waals surface area contributed by atoms with Crippen LogP contribution in [0.3, 0.4) is 0 Å². The van der Waals surface area contributed by atoms with Crippen LogP contribution < -0.4 is 10.6 Å². The normalized spacial score (nSPS) is 11.1. The molecule has 3 aromatic carbocycles. The highest BCUT2D eigenvalue weighted by Gasteiger charge is 2.32. The van der Waals surface area contributed by atoms with E-state index in [9.17, 15) is 9.36 Å². The predicted octanol–water partition coefficient (Wildman–Crippen LogP) is 5.08. The summed E-state index contributed by atoms with van der Waals surface area (Å²) in [5.41, 5.74) is 0.325. The summed E-state index contributed by atoms with van der Waals surface area (Å²) in [6.07, 6.45) is 0. The topological polar surface area (TPSA) is 43.4 Å². The number of rotatable bonds is 4. The van der Waals surface area contributed by atoms with Crippen LogP contribution in [0.25, 0.3) is 0 Å². The first-order valence-corrected chi connectivity index (χ1v) is 9.78. The predicted molar refractivity (Wildman–Crippen MR) is 102 cm³/mol. The van der Waals surface area contributed by atoms with Gasteiger partial charge in [-0.3, -0.25) is 4.57 Å². The van der Waals surface area contributed by atoms with Gasteiger partial charge >= 0.3 is 13.3 Å². The second kappa shape index (κ2) is 7.45. The van der Waals surface area contributed by atoms with Crippen LogP contribution in [0, 0.1) is 0 Å². The van der Waals surface area contributed by atoms with E-state index < -0.39 is 13.3 Å². The smallest absolute Gasteiger partial charge is 0.343 e. The van der Waals surface area contributed by atoms with E-state index in [0.717, 1.165) is 0 Å². The average Bonchev–Trinajstić information content (AvgIpc) is 2.63. The molecule has 3 rings (SSSR count). The quantitative estimate of drug-likeness (QED) is 0.583. The first kappa shape index (κ1) is 17.8. The highest BCUT2D eigenvalue weighted by molar-refractivity contribution is 7.74. The molecule has 0 aliphatic carbocycles. The summed E-state index contributed by atoms with van der Waals surface area (Å²) in [5.74, 6) is -0.658. The molecule has 0 aliphatic rings. The lowest BCUT2D eigenvalue weighted by atomic mass is 10.2. The number of carbonyl (C=O) groups is 1. The number of halogens is 2. The summed E-state index contributed by atoms with van der Waals surface area (Å²) in [5, 5.41) is 1.76. The molecule has 0 N–H and O–H groups in total. The van der Waals surface area contributed by atoms with E-state index >= 15 is 0 Å². The fourth-order valence-electron chi connectivity index (χ4n) is 2.27. The van der Waals surface area contributed by atoms with E-state index in [1.807, 2.05) is 0 Å². The fraction of sp³-hybridized carbons (Fsp3) is 0. The molecule has 25 heavy (non-hydrogen) atoms. The van der Waals surface area contributed by atoms with Crippen molar-refractivity contribution < 1.29 is 13.9 Å². The van der Waals surface area contributed by atoms with Gasteiger partial charge in [-0.15, -0.1) is 0 Å². The van der Waals surface area contributed by atoms with Gasteiger partial charge in [0.1, 0.15) is 0 Å². The number of hydrogen-bond donors (Lipinski definition) is 0. The number of hydrogen-bond acceptors (Lipinski definition) is 3. The third kappa shape index (κ3) is 3.96. The Bertz CT molecular complexity index is 874. The minimum Gasteiger partial charge on any atom is -0.401 e. The SMILES string of the molecule is O=C(OP(=O)(c1ccc(Cl)cc1)c1ccc(Cl)cc1)c1ccccc1. The molecule has 0 saturated heterocycles. The van der Waals surface area contributed by atoms with Crippen LogP contribution in [-0.4, -0.2) is 5.97 Å². The van der Waals surface area contributed by atoms with Gasteiger partial charge in [-0.2, -0.15) is 0 Å². The maximum atomic E-state index is 13.7. The van der Waals surface area contributed by atoms with Crippen molar-refractivity contribution in [3.8, 4) is 0 Å². The molecule has 0 amide bonds. The molecule has 3 aromatic rings. The van der Waals surface area contributed by atoms with Crippen molar-refractivity contribution in [2.24, 2.45) is 0 Å². The fourth-order valence-corrected chi connectivity index (χ4v) is 4.46. The molecule has 0 saturated carbocycles. The molecule has 0 atom stereocenters. The highest BCUT2D eigenvalue weighted by Crippen LogP contribution is 2.45. The minimum atomic E-state index is -3.65. The Kier molecular flexibility index (Phi) is 5.29. The molecule has 0 spiro atoms. The lowest BCUT2D eigenvalue weighted by Crippen LogP contribution is -2.21. The van der Waals surface area contributed by atoms with Crippen LogP contribution in [0.1, 0.15) is 10.4 Å². The molecule has 0 heterocycles. The van der Waals surface area contributed by atoms with Gasteiger partial charge in [0.2, 0.25) is 0 Å². The van der Waals surface area contributed by atoms with Crippen molar-refractivity contribution in [2.75, 3.05) is 0 Å². The van der Waals surface area contributed by atoms with Crippen LogP contribution in [0.4, 0.5) is 0 Å². The standard InChI is InChI=1S/C19H13Cl2O3P/c20-15-6-10-17(11-7-15)25(23,18-12-8-16(21)9-13-18)24-19(22)14-4-2-1-3-5-14/h1-13H. The summed E-state index contributed by atoms with van der Waals surface area (Å²) in [6.45, 7) is 0. The number of benzene rings is 3. The van der Waals surface area contributed by atoms with Crippen molar-refractivity contribution in [3.05, 3.63) is 94.5 Å². The van der Waals surface area contributed by atoms with Gasteiger partial charge in [-0.25, -0.2) is 4.79 Å². The molecular formula is C19H13Cl2O3P. The third-order valence-corrected chi connectivity index (χ3v) is 6.44. The molecule has 0 radical (unpaired) electrons.